The van der Waals surface area contributed by atoms with Crippen LogP contribution in [-0.2, 0) is 26.1 Å². The molecular weight excluding hydrogens is 369 g/mol. The van der Waals surface area contributed by atoms with Crippen molar-refractivity contribution in [3.05, 3.63) is 23.3 Å². The van der Waals surface area contributed by atoms with Crippen LogP contribution in [0.5, 0.6) is 0 Å². The summed E-state index contributed by atoms with van der Waals surface area (Å²) in [5.74, 6) is 1.29. The van der Waals surface area contributed by atoms with Crippen LogP contribution in [0.1, 0.15) is 55.6 Å². The molecule has 2 N–H and O–H groups in total. The number of rotatable bonds is 5. The smallest absolute Gasteiger partial charge is 0.328 e. The molecule has 2 fully saturated rings. The van der Waals surface area contributed by atoms with Crippen LogP contribution in [0, 0.1) is 11.8 Å². The van der Waals surface area contributed by atoms with Crippen molar-refractivity contribution in [1.29, 1.82) is 0 Å². The lowest BCUT2D eigenvalue weighted by Crippen LogP contribution is -2.27. The standard InChI is InChI=1S/C19H25F3N6/c1-28-15(8-11-2-3-11)18(26-27-28)17-14(19(20,21)22)10-24-16(25-17)9-12-4-6-13(23)7-5-12/h10-13H,2-9,23H2,1H3. The van der Waals surface area contributed by atoms with E-state index in [1.165, 1.54) is 0 Å². The van der Waals surface area contributed by atoms with Crippen molar-refractivity contribution < 1.29 is 13.2 Å². The summed E-state index contributed by atoms with van der Waals surface area (Å²) >= 11 is 0. The molecule has 2 aromatic rings. The average molecular weight is 394 g/mol. The first-order valence-corrected chi connectivity index (χ1v) is 9.89. The van der Waals surface area contributed by atoms with Gasteiger partial charge >= 0.3 is 6.18 Å². The van der Waals surface area contributed by atoms with Gasteiger partial charge in [0.25, 0.3) is 0 Å². The fraction of sp³-hybridized carbons (Fsp3) is 0.684. The normalized spacial score (nSPS) is 23.2. The molecule has 0 radical (unpaired) electrons. The second-order valence-electron chi connectivity index (χ2n) is 8.19. The number of alkyl halides is 3. The fourth-order valence-electron chi connectivity index (χ4n) is 3.94. The van der Waals surface area contributed by atoms with Crippen LogP contribution < -0.4 is 5.73 Å². The van der Waals surface area contributed by atoms with E-state index in [4.69, 9.17) is 5.73 Å². The van der Waals surface area contributed by atoms with Crippen LogP contribution in [0.2, 0.25) is 0 Å². The van der Waals surface area contributed by atoms with E-state index in [2.05, 4.69) is 20.3 Å². The predicted octanol–water partition coefficient (Wildman–Crippen LogP) is 3.30. The molecule has 4 rings (SSSR count). The van der Waals surface area contributed by atoms with Crippen molar-refractivity contribution in [3.63, 3.8) is 0 Å². The first kappa shape index (κ1) is 19.3. The molecule has 0 bridgehead atoms. The molecule has 28 heavy (non-hydrogen) atoms. The van der Waals surface area contributed by atoms with Gasteiger partial charge < -0.3 is 5.73 Å². The predicted molar refractivity (Wildman–Crippen MR) is 97.1 cm³/mol. The molecule has 9 heteroatoms. The quantitative estimate of drug-likeness (QED) is 0.841. The van der Waals surface area contributed by atoms with Crippen LogP contribution in [0.3, 0.4) is 0 Å². The van der Waals surface area contributed by atoms with Gasteiger partial charge in [-0.25, -0.2) is 9.97 Å². The maximum Gasteiger partial charge on any atom is 0.420 e. The Morgan fingerprint density at radius 2 is 1.68 bits per heavy atom. The summed E-state index contributed by atoms with van der Waals surface area (Å²) < 4.78 is 42.5. The summed E-state index contributed by atoms with van der Waals surface area (Å²) in [6, 6.07) is 0.227. The van der Waals surface area contributed by atoms with Gasteiger partial charge in [0.2, 0.25) is 0 Å². The SMILES string of the molecule is Cn1nnc(-c2nc(CC3CCC(N)CC3)ncc2C(F)(F)F)c1CC1CC1. The maximum atomic E-state index is 13.6. The number of hydrogen-bond donors (Lipinski definition) is 1. The number of halogens is 3. The van der Waals surface area contributed by atoms with E-state index in [-0.39, 0.29) is 17.4 Å². The van der Waals surface area contributed by atoms with Crippen LogP contribution in [0.15, 0.2) is 6.20 Å². The molecule has 0 unspecified atom stereocenters. The maximum absolute atomic E-state index is 13.6. The first-order valence-electron chi connectivity index (χ1n) is 9.89. The van der Waals surface area contributed by atoms with Gasteiger partial charge in [-0.3, -0.25) is 4.68 Å². The van der Waals surface area contributed by atoms with Gasteiger partial charge in [-0.15, -0.1) is 5.10 Å². The van der Waals surface area contributed by atoms with E-state index in [1.54, 1.807) is 11.7 Å². The average Bonchev–Trinajstić information content (AvgIpc) is 3.39. The van der Waals surface area contributed by atoms with Crippen molar-refractivity contribution >= 4 is 0 Å². The van der Waals surface area contributed by atoms with Crippen molar-refractivity contribution in [1.82, 2.24) is 25.0 Å². The Kier molecular flexibility index (Phi) is 5.11. The molecule has 152 valence electrons. The van der Waals surface area contributed by atoms with Gasteiger partial charge in [-0.2, -0.15) is 13.2 Å². The molecule has 6 nitrogen and oxygen atoms in total. The van der Waals surface area contributed by atoms with Crippen molar-refractivity contribution in [2.24, 2.45) is 24.6 Å². The Morgan fingerprint density at radius 3 is 2.32 bits per heavy atom. The molecule has 0 amide bonds. The molecule has 2 saturated carbocycles. The molecule has 0 spiro atoms. The summed E-state index contributed by atoms with van der Waals surface area (Å²) in [7, 11) is 1.72. The van der Waals surface area contributed by atoms with Crippen LogP contribution in [0.4, 0.5) is 13.2 Å². The third kappa shape index (κ3) is 4.19. The van der Waals surface area contributed by atoms with E-state index >= 15 is 0 Å². The highest BCUT2D eigenvalue weighted by Gasteiger charge is 2.38. The summed E-state index contributed by atoms with van der Waals surface area (Å²) in [6.45, 7) is 0. The fourth-order valence-corrected chi connectivity index (χ4v) is 3.94. The van der Waals surface area contributed by atoms with Crippen molar-refractivity contribution in [2.75, 3.05) is 0 Å². The summed E-state index contributed by atoms with van der Waals surface area (Å²) in [5, 5.41) is 8.02. The zero-order valence-electron chi connectivity index (χ0n) is 15.9. The third-order valence-electron chi connectivity index (χ3n) is 5.85. The van der Waals surface area contributed by atoms with Gasteiger partial charge in [-0.05, 0) is 56.8 Å². The highest BCUT2D eigenvalue weighted by Crippen LogP contribution is 2.39. The minimum atomic E-state index is -4.54. The van der Waals surface area contributed by atoms with E-state index in [9.17, 15) is 13.2 Å². The monoisotopic (exact) mass is 394 g/mol. The molecule has 0 aliphatic heterocycles. The molecule has 2 heterocycles. The van der Waals surface area contributed by atoms with Crippen molar-refractivity contribution in [2.45, 2.75) is 63.6 Å². The molecule has 0 saturated heterocycles. The summed E-state index contributed by atoms with van der Waals surface area (Å²) in [5.41, 5.74) is 5.90. The highest BCUT2D eigenvalue weighted by molar-refractivity contribution is 5.61. The third-order valence-corrected chi connectivity index (χ3v) is 5.85. The zero-order valence-corrected chi connectivity index (χ0v) is 15.9. The molecule has 2 aliphatic rings. The van der Waals surface area contributed by atoms with Gasteiger partial charge in [0.15, 0.2) is 0 Å². The Hall–Kier alpha value is -2.03. The molecule has 2 aromatic heterocycles. The zero-order chi connectivity index (χ0) is 19.9. The number of aryl methyl sites for hydroxylation is 1. The molecule has 0 aromatic carbocycles. The molecular formula is C19H25F3N6. The largest absolute Gasteiger partial charge is 0.420 e. The number of aromatic nitrogens is 5. The van der Waals surface area contributed by atoms with Gasteiger partial charge in [0, 0.05) is 25.7 Å². The second-order valence-corrected chi connectivity index (χ2v) is 8.19. The number of nitrogens with two attached hydrogens (primary N) is 1. The van der Waals surface area contributed by atoms with Gasteiger partial charge in [-0.1, -0.05) is 5.21 Å². The van der Waals surface area contributed by atoms with Crippen LogP contribution in [-0.4, -0.2) is 31.0 Å². The van der Waals surface area contributed by atoms with Gasteiger partial charge in [0.05, 0.1) is 5.69 Å². The lowest BCUT2D eigenvalue weighted by molar-refractivity contribution is -0.137. The Balaban J connectivity index is 1.68. The van der Waals surface area contributed by atoms with Crippen LogP contribution >= 0.6 is 0 Å². The topological polar surface area (TPSA) is 82.5 Å². The first-order chi connectivity index (χ1) is 13.3. The van der Waals surface area contributed by atoms with E-state index in [0.717, 1.165) is 44.7 Å². The molecule has 0 atom stereocenters. The van der Waals surface area contributed by atoms with E-state index in [1.807, 2.05) is 0 Å². The summed E-state index contributed by atoms with van der Waals surface area (Å²) in [6.07, 6.45) is 3.58. The Morgan fingerprint density at radius 1 is 1.04 bits per heavy atom. The van der Waals surface area contributed by atoms with Crippen molar-refractivity contribution in [3.8, 4) is 11.4 Å². The Bertz CT molecular complexity index is 835. The van der Waals surface area contributed by atoms with E-state index in [0.29, 0.717) is 36.2 Å². The lowest BCUT2D eigenvalue weighted by atomic mass is 9.84. The number of nitrogens with zero attached hydrogens (tertiary/aromatic N) is 5. The highest BCUT2D eigenvalue weighted by atomic mass is 19.4. The number of hydrogen-bond acceptors (Lipinski definition) is 5. The Labute approximate surface area is 161 Å². The van der Waals surface area contributed by atoms with Gasteiger partial charge in [0.1, 0.15) is 22.8 Å². The van der Waals surface area contributed by atoms with E-state index < -0.39 is 11.7 Å². The minimum absolute atomic E-state index is 0.145. The molecule has 2 aliphatic carbocycles. The summed E-state index contributed by atoms with van der Waals surface area (Å²) in [4.78, 5) is 8.38. The van der Waals surface area contributed by atoms with Crippen LogP contribution in [0.25, 0.3) is 11.4 Å². The minimum Gasteiger partial charge on any atom is -0.328 e. The lowest BCUT2D eigenvalue weighted by Gasteiger charge is -2.25. The second kappa shape index (κ2) is 7.42.